The van der Waals surface area contributed by atoms with Gasteiger partial charge in [0.05, 0.1) is 5.69 Å². The van der Waals surface area contributed by atoms with E-state index in [2.05, 4.69) is 17.6 Å². The van der Waals surface area contributed by atoms with Crippen molar-refractivity contribution in [2.75, 3.05) is 5.43 Å². The van der Waals surface area contributed by atoms with Gasteiger partial charge < -0.3 is 5.43 Å². The molecule has 0 heterocycles. The Hall–Kier alpha value is -1.02. The molecule has 0 amide bonds. The predicted molar refractivity (Wildman–Crippen MR) is 46.3 cm³/mol. The molecule has 0 aliphatic heterocycles. The molecule has 1 aromatic rings. The van der Waals surface area contributed by atoms with E-state index in [1.165, 1.54) is 30.4 Å². The van der Waals surface area contributed by atoms with Crippen LogP contribution in [0.3, 0.4) is 0 Å². The van der Waals surface area contributed by atoms with Crippen molar-refractivity contribution in [3.05, 3.63) is 29.3 Å². The summed E-state index contributed by atoms with van der Waals surface area (Å²) in [6.45, 7) is 0. The van der Waals surface area contributed by atoms with E-state index in [0.717, 1.165) is 5.69 Å². The third kappa shape index (κ3) is 0.994. The molecular weight excluding hydrogens is 136 g/mol. The summed E-state index contributed by atoms with van der Waals surface area (Å²) < 4.78 is 0. The molecule has 2 nitrogen and oxygen atoms in total. The van der Waals surface area contributed by atoms with Gasteiger partial charge in [-0.05, 0) is 36.5 Å². The Kier molecular flexibility index (Phi) is 1.55. The highest BCUT2D eigenvalue weighted by atomic mass is 15.2. The zero-order valence-corrected chi connectivity index (χ0v) is 6.43. The van der Waals surface area contributed by atoms with Gasteiger partial charge in [-0.3, -0.25) is 5.84 Å². The van der Waals surface area contributed by atoms with E-state index in [9.17, 15) is 0 Å². The van der Waals surface area contributed by atoms with Gasteiger partial charge in [0.2, 0.25) is 0 Å². The number of hydrogen-bond donors (Lipinski definition) is 2. The molecule has 0 aromatic heterocycles. The third-order valence-electron chi connectivity index (χ3n) is 2.30. The van der Waals surface area contributed by atoms with Gasteiger partial charge in [-0.25, -0.2) is 0 Å². The molecule has 0 atom stereocenters. The van der Waals surface area contributed by atoms with Gasteiger partial charge in [0, 0.05) is 0 Å². The Morgan fingerprint density at radius 2 is 2.18 bits per heavy atom. The number of nitrogen functional groups attached to an aromatic ring is 1. The highest BCUT2D eigenvalue weighted by Gasteiger charge is 2.12. The topological polar surface area (TPSA) is 38.0 Å². The second-order valence-electron chi connectivity index (χ2n) is 2.94. The fourth-order valence-corrected chi connectivity index (χ4v) is 1.75. The lowest BCUT2D eigenvalue weighted by atomic mass is 10.1. The van der Waals surface area contributed by atoms with Gasteiger partial charge in [0.1, 0.15) is 0 Å². The van der Waals surface area contributed by atoms with E-state index in [1.807, 2.05) is 6.07 Å². The minimum Gasteiger partial charge on any atom is -0.324 e. The molecule has 0 fully saturated rings. The number of rotatable bonds is 1. The molecule has 0 unspecified atom stereocenters. The summed E-state index contributed by atoms with van der Waals surface area (Å²) in [5.74, 6) is 5.37. The Balaban J connectivity index is 2.50. The van der Waals surface area contributed by atoms with Crippen molar-refractivity contribution < 1.29 is 0 Å². The lowest BCUT2D eigenvalue weighted by Crippen LogP contribution is -2.08. The van der Waals surface area contributed by atoms with Crippen molar-refractivity contribution in [2.24, 2.45) is 5.84 Å². The first-order valence-electron chi connectivity index (χ1n) is 3.99. The maximum absolute atomic E-state index is 5.37. The minimum atomic E-state index is 1.10. The molecule has 0 radical (unpaired) electrons. The molecule has 1 aliphatic carbocycles. The number of anilines is 1. The van der Waals surface area contributed by atoms with Gasteiger partial charge in [0.25, 0.3) is 0 Å². The average Bonchev–Trinajstić information content (AvgIpc) is 2.50. The maximum atomic E-state index is 5.37. The van der Waals surface area contributed by atoms with Crippen LogP contribution in [0.25, 0.3) is 0 Å². The number of fused-ring (bicyclic) bond motifs is 1. The van der Waals surface area contributed by atoms with Crippen LogP contribution in [0, 0.1) is 0 Å². The number of nitrogens with one attached hydrogen (secondary N) is 1. The van der Waals surface area contributed by atoms with Crippen molar-refractivity contribution in [1.29, 1.82) is 0 Å². The Labute approximate surface area is 66.4 Å². The molecule has 2 rings (SSSR count). The van der Waals surface area contributed by atoms with Crippen molar-refractivity contribution in [1.82, 2.24) is 0 Å². The number of benzene rings is 1. The quantitative estimate of drug-likeness (QED) is 0.467. The summed E-state index contributed by atoms with van der Waals surface area (Å²) in [6.07, 6.45) is 3.66. The molecule has 0 spiro atoms. The van der Waals surface area contributed by atoms with Crippen molar-refractivity contribution in [3.8, 4) is 0 Å². The fourth-order valence-electron chi connectivity index (χ4n) is 1.75. The first kappa shape index (κ1) is 6.68. The number of hydrogen-bond acceptors (Lipinski definition) is 2. The summed E-state index contributed by atoms with van der Waals surface area (Å²) >= 11 is 0. The highest BCUT2D eigenvalue weighted by Crippen LogP contribution is 2.27. The number of hydrazine groups is 1. The summed E-state index contributed by atoms with van der Waals surface area (Å²) in [7, 11) is 0. The highest BCUT2D eigenvalue weighted by molar-refractivity contribution is 5.55. The molecule has 0 saturated carbocycles. The first-order valence-corrected chi connectivity index (χ1v) is 3.99. The zero-order valence-electron chi connectivity index (χ0n) is 6.43. The van der Waals surface area contributed by atoms with E-state index in [4.69, 9.17) is 5.84 Å². The Morgan fingerprint density at radius 3 is 3.00 bits per heavy atom. The van der Waals surface area contributed by atoms with Gasteiger partial charge in [-0.2, -0.15) is 0 Å². The van der Waals surface area contributed by atoms with Crippen LogP contribution < -0.4 is 11.3 Å². The Bertz CT molecular complexity index is 268. The molecule has 0 bridgehead atoms. The molecule has 2 heteroatoms. The van der Waals surface area contributed by atoms with Crippen LogP contribution >= 0.6 is 0 Å². The van der Waals surface area contributed by atoms with E-state index in [-0.39, 0.29) is 0 Å². The lowest BCUT2D eigenvalue weighted by molar-refractivity contribution is 0.911. The third-order valence-corrected chi connectivity index (χ3v) is 2.30. The van der Waals surface area contributed by atoms with E-state index < -0.39 is 0 Å². The van der Waals surface area contributed by atoms with Crippen LogP contribution in [0.4, 0.5) is 5.69 Å². The molecule has 1 aromatic carbocycles. The minimum absolute atomic E-state index is 1.10. The van der Waals surface area contributed by atoms with Gasteiger partial charge >= 0.3 is 0 Å². The van der Waals surface area contributed by atoms with Gasteiger partial charge in [0.15, 0.2) is 0 Å². The average molecular weight is 148 g/mol. The monoisotopic (exact) mass is 148 g/mol. The van der Waals surface area contributed by atoms with E-state index in [1.54, 1.807) is 0 Å². The van der Waals surface area contributed by atoms with Crippen molar-refractivity contribution >= 4 is 5.69 Å². The van der Waals surface area contributed by atoms with Crippen LogP contribution in [0.5, 0.6) is 0 Å². The van der Waals surface area contributed by atoms with Crippen molar-refractivity contribution in [2.45, 2.75) is 19.3 Å². The lowest BCUT2D eigenvalue weighted by Gasteiger charge is -2.05. The summed E-state index contributed by atoms with van der Waals surface area (Å²) in [6, 6.07) is 6.27. The molecule has 0 saturated heterocycles. The first-order chi connectivity index (χ1) is 5.42. The second kappa shape index (κ2) is 2.55. The molecule has 11 heavy (non-hydrogen) atoms. The predicted octanol–water partition coefficient (Wildman–Crippen LogP) is 1.46. The second-order valence-corrected chi connectivity index (χ2v) is 2.94. The normalized spacial score (nSPS) is 14.6. The maximum Gasteiger partial charge on any atom is 0.0519 e. The smallest absolute Gasteiger partial charge is 0.0519 e. The fraction of sp³-hybridized carbons (Fsp3) is 0.333. The van der Waals surface area contributed by atoms with Crippen molar-refractivity contribution in [3.63, 3.8) is 0 Å². The van der Waals surface area contributed by atoms with E-state index in [0.29, 0.717) is 0 Å². The summed E-state index contributed by atoms with van der Waals surface area (Å²) in [4.78, 5) is 0. The molecule has 3 N–H and O–H groups in total. The van der Waals surface area contributed by atoms with Crippen LogP contribution in [-0.4, -0.2) is 0 Å². The molecular formula is C9H12N2. The largest absolute Gasteiger partial charge is 0.324 e. The number of aryl methyl sites for hydroxylation is 1. The van der Waals surface area contributed by atoms with Gasteiger partial charge in [-0.1, -0.05) is 12.1 Å². The zero-order chi connectivity index (χ0) is 7.68. The summed E-state index contributed by atoms with van der Waals surface area (Å²) in [5.41, 5.74) is 6.70. The van der Waals surface area contributed by atoms with E-state index >= 15 is 0 Å². The summed E-state index contributed by atoms with van der Waals surface area (Å²) in [5, 5.41) is 0. The van der Waals surface area contributed by atoms with Gasteiger partial charge in [-0.15, -0.1) is 0 Å². The Morgan fingerprint density at radius 1 is 1.27 bits per heavy atom. The van der Waals surface area contributed by atoms with Crippen LogP contribution in [0.1, 0.15) is 17.5 Å². The number of nitrogens with two attached hydrogens (primary N) is 1. The molecule has 1 aliphatic rings. The molecule has 58 valence electrons. The standard InChI is InChI=1S/C9H12N2/c10-11-9-6-2-4-7-3-1-5-8(7)9/h2,4,6,11H,1,3,5,10H2. The van der Waals surface area contributed by atoms with Crippen LogP contribution in [0.15, 0.2) is 18.2 Å². The van der Waals surface area contributed by atoms with Crippen LogP contribution in [-0.2, 0) is 12.8 Å². The van der Waals surface area contributed by atoms with Crippen LogP contribution in [0.2, 0.25) is 0 Å². The SMILES string of the molecule is NNc1cccc2c1CCC2.